The maximum absolute atomic E-state index is 10.9. The first kappa shape index (κ1) is 19.8. The van der Waals surface area contributed by atoms with Crippen LogP contribution in [0.1, 0.15) is 40.5 Å². The first-order valence-corrected chi connectivity index (χ1v) is 7.25. The smallest absolute Gasteiger partial charge is 0.429 e. The molecule has 1 rings (SSSR count). The van der Waals surface area contributed by atoms with E-state index in [1.807, 2.05) is 50.2 Å². The molecule has 0 bridgehead atoms. The Hall–Kier alpha value is -2.24. The van der Waals surface area contributed by atoms with Crippen LogP contribution in [0.15, 0.2) is 36.4 Å². The topological polar surface area (TPSA) is 71.1 Å². The molecule has 124 valence electrons. The van der Waals surface area contributed by atoms with Gasteiger partial charge in [0.1, 0.15) is 12.2 Å². The van der Waals surface area contributed by atoms with Crippen molar-refractivity contribution in [2.24, 2.45) is 0 Å². The van der Waals surface area contributed by atoms with Gasteiger partial charge in [-0.05, 0) is 26.7 Å². The quantitative estimate of drug-likeness (QED) is 0.463. The van der Waals surface area contributed by atoms with Crippen LogP contribution in [0.5, 0.6) is 0 Å². The Morgan fingerprint density at radius 1 is 0.727 bits per heavy atom. The first-order valence-electron chi connectivity index (χ1n) is 7.25. The van der Waals surface area contributed by atoms with Crippen LogP contribution < -0.4 is 0 Å². The second-order valence-corrected chi connectivity index (χ2v) is 4.49. The summed E-state index contributed by atoms with van der Waals surface area (Å²) >= 11 is 0. The van der Waals surface area contributed by atoms with Gasteiger partial charge in [0.05, 0.1) is 0 Å². The molecule has 0 radical (unpaired) electrons. The molecule has 0 fully saturated rings. The third-order valence-electron chi connectivity index (χ3n) is 2.59. The summed E-state index contributed by atoms with van der Waals surface area (Å²) < 4.78 is 9.37. The average molecular weight is 312 g/mol. The van der Waals surface area contributed by atoms with Crippen molar-refractivity contribution in [1.29, 1.82) is 0 Å². The van der Waals surface area contributed by atoms with E-state index in [-0.39, 0.29) is 12.2 Å². The predicted octanol–water partition coefficient (Wildman–Crippen LogP) is 4.49. The van der Waals surface area contributed by atoms with Gasteiger partial charge < -0.3 is 9.47 Å². The number of hydrogen-bond acceptors (Lipinski definition) is 6. The number of rotatable bonds is 4. The molecular formula is C16H24O6. The molecule has 0 saturated heterocycles. The summed E-state index contributed by atoms with van der Waals surface area (Å²) in [5, 5.41) is 0. The SMILES string of the molecule is CCC(C)OC(=O)OOC(=O)OC(C)CC.c1ccccc1. The van der Waals surface area contributed by atoms with E-state index in [4.69, 9.17) is 0 Å². The summed E-state index contributed by atoms with van der Waals surface area (Å²) in [6.07, 6.45) is -1.41. The van der Waals surface area contributed by atoms with Gasteiger partial charge in [0.15, 0.2) is 0 Å². The second-order valence-electron chi connectivity index (χ2n) is 4.49. The van der Waals surface area contributed by atoms with Crippen molar-refractivity contribution in [3.05, 3.63) is 36.4 Å². The minimum atomic E-state index is -1.06. The molecule has 1 aromatic rings. The van der Waals surface area contributed by atoms with Crippen molar-refractivity contribution < 1.29 is 28.8 Å². The Labute approximate surface area is 131 Å². The highest BCUT2D eigenvalue weighted by atomic mass is 17.3. The van der Waals surface area contributed by atoms with Gasteiger partial charge in [-0.1, -0.05) is 50.2 Å². The van der Waals surface area contributed by atoms with E-state index in [0.29, 0.717) is 12.8 Å². The fourth-order valence-corrected chi connectivity index (χ4v) is 0.987. The van der Waals surface area contributed by atoms with Crippen molar-refractivity contribution in [1.82, 2.24) is 0 Å². The molecule has 0 N–H and O–H groups in total. The van der Waals surface area contributed by atoms with Crippen LogP contribution in [0.2, 0.25) is 0 Å². The molecule has 22 heavy (non-hydrogen) atoms. The fraction of sp³-hybridized carbons (Fsp3) is 0.500. The Balaban J connectivity index is 0.000000604. The summed E-state index contributed by atoms with van der Waals surface area (Å²) in [4.78, 5) is 30.0. The summed E-state index contributed by atoms with van der Waals surface area (Å²) in [5.74, 6) is 0. The van der Waals surface area contributed by atoms with Crippen molar-refractivity contribution in [3.8, 4) is 0 Å². The zero-order chi connectivity index (χ0) is 16.8. The third-order valence-corrected chi connectivity index (χ3v) is 2.59. The molecule has 0 saturated carbocycles. The molecule has 0 spiro atoms. The van der Waals surface area contributed by atoms with E-state index in [1.165, 1.54) is 0 Å². The minimum Gasteiger partial charge on any atom is -0.429 e. The highest BCUT2D eigenvalue weighted by molar-refractivity contribution is 5.63. The molecule has 6 nitrogen and oxygen atoms in total. The summed E-state index contributed by atoms with van der Waals surface area (Å²) in [7, 11) is 0. The molecule has 2 atom stereocenters. The third kappa shape index (κ3) is 11.6. The van der Waals surface area contributed by atoms with Gasteiger partial charge in [0.2, 0.25) is 0 Å². The molecule has 0 aromatic heterocycles. The fourth-order valence-electron chi connectivity index (χ4n) is 0.987. The molecule has 0 aliphatic rings. The normalized spacial score (nSPS) is 12.0. The molecule has 0 aliphatic carbocycles. The average Bonchev–Trinajstić information content (AvgIpc) is 2.54. The Bertz CT molecular complexity index is 356. The van der Waals surface area contributed by atoms with Crippen LogP contribution in [-0.2, 0) is 19.2 Å². The first-order chi connectivity index (χ1) is 10.5. The van der Waals surface area contributed by atoms with Crippen LogP contribution >= 0.6 is 0 Å². The lowest BCUT2D eigenvalue weighted by Gasteiger charge is -2.11. The van der Waals surface area contributed by atoms with Crippen LogP contribution in [0, 0.1) is 0 Å². The molecule has 1 aromatic carbocycles. The van der Waals surface area contributed by atoms with Crippen molar-refractivity contribution >= 4 is 12.3 Å². The lowest BCUT2D eigenvalue weighted by atomic mass is 10.3. The van der Waals surface area contributed by atoms with Gasteiger partial charge in [0, 0.05) is 0 Å². The highest BCUT2D eigenvalue weighted by Gasteiger charge is 2.15. The van der Waals surface area contributed by atoms with Gasteiger partial charge in [-0.15, -0.1) is 0 Å². The number of ether oxygens (including phenoxy) is 2. The maximum atomic E-state index is 10.9. The van der Waals surface area contributed by atoms with E-state index < -0.39 is 12.3 Å². The molecule has 2 unspecified atom stereocenters. The summed E-state index contributed by atoms with van der Waals surface area (Å²) in [6, 6.07) is 12.0. The van der Waals surface area contributed by atoms with Gasteiger partial charge in [-0.3, -0.25) is 0 Å². The van der Waals surface area contributed by atoms with Crippen molar-refractivity contribution in [2.75, 3.05) is 0 Å². The maximum Gasteiger partial charge on any atom is 0.550 e. The molecule has 0 heterocycles. The highest BCUT2D eigenvalue weighted by Crippen LogP contribution is 2.02. The van der Waals surface area contributed by atoms with E-state index in [2.05, 4.69) is 19.2 Å². The Morgan fingerprint density at radius 2 is 1.00 bits per heavy atom. The minimum absolute atomic E-state index is 0.290. The summed E-state index contributed by atoms with van der Waals surface area (Å²) in [6.45, 7) is 7.07. The standard InChI is InChI=1S/C10H18O6.C6H6/c1-5-7(3)13-9(11)15-16-10(12)14-8(4)6-2;1-2-4-6-5-3-1/h7-8H,5-6H2,1-4H3;1-6H. The lowest BCUT2D eigenvalue weighted by Crippen LogP contribution is -2.20. The van der Waals surface area contributed by atoms with Crippen LogP contribution in [0.25, 0.3) is 0 Å². The lowest BCUT2D eigenvalue weighted by molar-refractivity contribution is -0.223. The largest absolute Gasteiger partial charge is 0.550 e. The molecule has 0 aliphatic heterocycles. The van der Waals surface area contributed by atoms with E-state index in [0.717, 1.165) is 0 Å². The van der Waals surface area contributed by atoms with Crippen molar-refractivity contribution in [3.63, 3.8) is 0 Å². The Kier molecular flexibility index (Phi) is 11.2. The van der Waals surface area contributed by atoms with Gasteiger partial charge >= 0.3 is 12.3 Å². The predicted molar refractivity (Wildman–Crippen MR) is 81.1 cm³/mol. The monoisotopic (exact) mass is 312 g/mol. The number of carbonyl (C=O) groups is 2. The van der Waals surface area contributed by atoms with Gasteiger partial charge in [0.25, 0.3) is 0 Å². The van der Waals surface area contributed by atoms with Crippen LogP contribution in [-0.4, -0.2) is 24.5 Å². The second kappa shape index (κ2) is 12.5. The molecular weight excluding hydrogens is 288 g/mol. The van der Waals surface area contributed by atoms with Gasteiger partial charge in [-0.25, -0.2) is 0 Å². The summed E-state index contributed by atoms with van der Waals surface area (Å²) in [5.41, 5.74) is 0. The number of benzene rings is 1. The van der Waals surface area contributed by atoms with Crippen molar-refractivity contribution in [2.45, 2.75) is 52.7 Å². The zero-order valence-electron chi connectivity index (χ0n) is 13.5. The number of hydrogen-bond donors (Lipinski definition) is 0. The van der Waals surface area contributed by atoms with Crippen LogP contribution in [0.4, 0.5) is 9.59 Å². The zero-order valence-corrected chi connectivity index (χ0v) is 13.5. The molecule has 6 heteroatoms. The number of carbonyl (C=O) groups excluding carboxylic acids is 2. The van der Waals surface area contributed by atoms with Gasteiger partial charge in [-0.2, -0.15) is 19.4 Å². The van der Waals surface area contributed by atoms with E-state index in [9.17, 15) is 9.59 Å². The molecule has 0 amide bonds. The van der Waals surface area contributed by atoms with E-state index >= 15 is 0 Å². The van der Waals surface area contributed by atoms with E-state index in [1.54, 1.807) is 13.8 Å². The van der Waals surface area contributed by atoms with Crippen LogP contribution in [0.3, 0.4) is 0 Å². The Morgan fingerprint density at radius 3 is 1.23 bits per heavy atom.